The molecule has 4 nitrogen and oxygen atoms in total. The maximum atomic E-state index is 12.1. The summed E-state index contributed by atoms with van der Waals surface area (Å²) in [5.41, 5.74) is 0.808. The van der Waals surface area contributed by atoms with Crippen LogP contribution in [-0.2, 0) is 11.2 Å². The fourth-order valence-corrected chi connectivity index (χ4v) is 2.79. The molecule has 1 amide bonds. The number of amidine groups is 1. The van der Waals surface area contributed by atoms with E-state index in [-0.39, 0.29) is 5.91 Å². The van der Waals surface area contributed by atoms with Crippen LogP contribution in [0.2, 0.25) is 0 Å². The van der Waals surface area contributed by atoms with Crippen LogP contribution in [0.4, 0.5) is 0 Å². The quantitative estimate of drug-likeness (QED) is 0.857. The van der Waals surface area contributed by atoms with Crippen molar-refractivity contribution in [1.82, 2.24) is 10.6 Å². The van der Waals surface area contributed by atoms with E-state index in [2.05, 4.69) is 22.8 Å². The largest absolute Gasteiger partial charge is 0.317 e. The molecule has 19 heavy (non-hydrogen) atoms. The Morgan fingerprint density at radius 2 is 1.84 bits per heavy atom. The zero-order chi connectivity index (χ0) is 13.1. The summed E-state index contributed by atoms with van der Waals surface area (Å²) in [7, 11) is 0. The SMILES string of the molecule is O=C1NC(CCc2ccccc2)=NC12CCNCC2. The van der Waals surface area contributed by atoms with E-state index >= 15 is 0 Å². The molecule has 2 aliphatic heterocycles. The molecule has 1 saturated heterocycles. The van der Waals surface area contributed by atoms with Gasteiger partial charge in [0.2, 0.25) is 0 Å². The molecule has 4 heteroatoms. The Hall–Kier alpha value is -1.68. The van der Waals surface area contributed by atoms with Crippen molar-refractivity contribution in [2.45, 2.75) is 31.2 Å². The number of hydrogen-bond acceptors (Lipinski definition) is 3. The molecule has 100 valence electrons. The third-order valence-electron chi connectivity index (χ3n) is 3.95. The van der Waals surface area contributed by atoms with Crippen molar-refractivity contribution in [2.75, 3.05) is 13.1 Å². The first-order valence-corrected chi connectivity index (χ1v) is 6.93. The van der Waals surface area contributed by atoms with Crippen molar-refractivity contribution in [3.8, 4) is 0 Å². The van der Waals surface area contributed by atoms with Gasteiger partial charge in [-0.3, -0.25) is 9.79 Å². The van der Waals surface area contributed by atoms with E-state index in [1.54, 1.807) is 0 Å². The minimum Gasteiger partial charge on any atom is -0.317 e. The summed E-state index contributed by atoms with van der Waals surface area (Å²) in [6.45, 7) is 1.76. The van der Waals surface area contributed by atoms with Crippen LogP contribution < -0.4 is 10.6 Å². The van der Waals surface area contributed by atoms with Crippen LogP contribution in [0.5, 0.6) is 0 Å². The van der Waals surface area contributed by atoms with Gasteiger partial charge in [-0.2, -0.15) is 0 Å². The molecule has 1 fully saturated rings. The smallest absolute Gasteiger partial charge is 0.253 e. The van der Waals surface area contributed by atoms with Crippen molar-refractivity contribution in [3.05, 3.63) is 35.9 Å². The summed E-state index contributed by atoms with van der Waals surface area (Å²) in [6.07, 6.45) is 3.36. The van der Waals surface area contributed by atoms with E-state index in [0.29, 0.717) is 0 Å². The Morgan fingerprint density at radius 3 is 2.58 bits per heavy atom. The lowest BCUT2D eigenvalue weighted by atomic mass is 9.89. The van der Waals surface area contributed by atoms with Crippen LogP contribution in [0.15, 0.2) is 35.3 Å². The predicted molar refractivity (Wildman–Crippen MR) is 75.2 cm³/mol. The first-order chi connectivity index (χ1) is 9.28. The molecule has 0 aliphatic carbocycles. The summed E-state index contributed by atoms with van der Waals surface area (Å²) in [5.74, 6) is 0.952. The number of aryl methyl sites for hydroxylation is 1. The molecule has 2 N–H and O–H groups in total. The van der Waals surface area contributed by atoms with Crippen molar-refractivity contribution in [3.63, 3.8) is 0 Å². The average Bonchev–Trinajstić information content (AvgIpc) is 2.75. The number of nitrogens with one attached hydrogen (secondary N) is 2. The maximum Gasteiger partial charge on any atom is 0.253 e. The van der Waals surface area contributed by atoms with Gasteiger partial charge in [-0.05, 0) is 37.9 Å². The highest BCUT2D eigenvalue weighted by Crippen LogP contribution is 2.27. The van der Waals surface area contributed by atoms with E-state index in [0.717, 1.165) is 44.6 Å². The van der Waals surface area contributed by atoms with E-state index < -0.39 is 5.54 Å². The molecule has 0 unspecified atom stereocenters. The molecule has 1 aromatic rings. The number of carbonyl (C=O) groups is 1. The van der Waals surface area contributed by atoms with E-state index in [1.807, 2.05) is 18.2 Å². The topological polar surface area (TPSA) is 53.5 Å². The monoisotopic (exact) mass is 257 g/mol. The number of amides is 1. The fourth-order valence-electron chi connectivity index (χ4n) is 2.79. The number of rotatable bonds is 3. The number of hydrogen-bond donors (Lipinski definition) is 2. The van der Waals surface area contributed by atoms with Gasteiger partial charge in [0.05, 0.1) is 0 Å². The number of nitrogens with zero attached hydrogens (tertiary/aromatic N) is 1. The summed E-state index contributed by atoms with van der Waals surface area (Å²) < 4.78 is 0. The highest BCUT2D eigenvalue weighted by Gasteiger charge is 2.43. The van der Waals surface area contributed by atoms with Crippen molar-refractivity contribution < 1.29 is 4.79 Å². The molecule has 1 aromatic carbocycles. The Morgan fingerprint density at radius 1 is 1.11 bits per heavy atom. The maximum absolute atomic E-state index is 12.1. The normalized spacial score (nSPS) is 21.3. The molecule has 0 saturated carbocycles. The zero-order valence-electron chi connectivity index (χ0n) is 11.0. The molecule has 0 atom stereocenters. The Kier molecular flexibility index (Phi) is 3.34. The number of carbonyl (C=O) groups excluding carboxylic acids is 1. The Bertz CT molecular complexity index is 489. The van der Waals surface area contributed by atoms with E-state index in [1.165, 1.54) is 5.56 Å². The highest BCUT2D eigenvalue weighted by molar-refractivity contribution is 6.08. The van der Waals surface area contributed by atoms with Gasteiger partial charge in [0.15, 0.2) is 0 Å². The van der Waals surface area contributed by atoms with Crippen LogP contribution in [0.25, 0.3) is 0 Å². The molecule has 2 aliphatic rings. The molecule has 1 spiro atoms. The van der Waals surface area contributed by atoms with Crippen molar-refractivity contribution in [1.29, 1.82) is 0 Å². The molecule has 0 radical (unpaired) electrons. The second kappa shape index (κ2) is 5.13. The van der Waals surface area contributed by atoms with Gasteiger partial charge in [0.25, 0.3) is 5.91 Å². The van der Waals surface area contributed by atoms with Crippen LogP contribution >= 0.6 is 0 Å². The molecule has 2 heterocycles. The van der Waals surface area contributed by atoms with Crippen molar-refractivity contribution in [2.24, 2.45) is 4.99 Å². The predicted octanol–water partition coefficient (Wildman–Crippen LogP) is 1.27. The number of piperidine rings is 1. The summed E-state index contributed by atoms with van der Waals surface area (Å²) >= 11 is 0. The molecule has 0 aromatic heterocycles. The lowest BCUT2D eigenvalue weighted by Crippen LogP contribution is -2.47. The van der Waals surface area contributed by atoms with E-state index in [4.69, 9.17) is 4.99 Å². The molecule has 0 bridgehead atoms. The van der Waals surface area contributed by atoms with Crippen molar-refractivity contribution >= 4 is 11.7 Å². The average molecular weight is 257 g/mol. The number of benzene rings is 1. The Labute approximate surface area is 113 Å². The molecular weight excluding hydrogens is 238 g/mol. The van der Waals surface area contributed by atoms with Gasteiger partial charge < -0.3 is 10.6 Å². The summed E-state index contributed by atoms with van der Waals surface area (Å²) in [6, 6.07) is 10.3. The highest BCUT2D eigenvalue weighted by atomic mass is 16.2. The molecular formula is C15H19N3O. The minimum absolute atomic E-state index is 0.0945. The van der Waals surface area contributed by atoms with Gasteiger partial charge in [0.1, 0.15) is 11.4 Å². The fraction of sp³-hybridized carbons (Fsp3) is 0.467. The zero-order valence-corrected chi connectivity index (χ0v) is 11.0. The summed E-state index contributed by atoms with van der Waals surface area (Å²) in [4.78, 5) is 16.8. The third-order valence-corrected chi connectivity index (χ3v) is 3.95. The third kappa shape index (κ3) is 2.54. The lowest BCUT2D eigenvalue weighted by Gasteiger charge is -2.28. The number of aliphatic imine (C=N–C) groups is 1. The first-order valence-electron chi connectivity index (χ1n) is 6.93. The van der Waals surface area contributed by atoms with Gasteiger partial charge in [-0.15, -0.1) is 0 Å². The summed E-state index contributed by atoms with van der Waals surface area (Å²) in [5, 5.41) is 6.25. The van der Waals surface area contributed by atoms with Crippen LogP contribution in [0, 0.1) is 0 Å². The first kappa shape index (κ1) is 12.4. The Balaban J connectivity index is 1.66. The minimum atomic E-state index is -0.475. The second-order valence-corrected chi connectivity index (χ2v) is 5.28. The van der Waals surface area contributed by atoms with Gasteiger partial charge >= 0.3 is 0 Å². The van der Waals surface area contributed by atoms with E-state index in [9.17, 15) is 4.79 Å². The van der Waals surface area contributed by atoms with Crippen LogP contribution in [0.3, 0.4) is 0 Å². The second-order valence-electron chi connectivity index (χ2n) is 5.28. The van der Waals surface area contributed by atoms with Gasteiger partial charge in [0, 0.05) is 6.42 Å². The van der Waals surface area contributed by atoms with Gasteiger partial charge in [-0.1, -0.05) is 30.3 Å². The lowest BCUT2D eigenvalue weighted by molar-refractivity contribution is -0.124. The standard InChI is InChI=1S/C15H19N3O/c19-14-15(8-10-16-11-9-15)18-13(17-14)7-6-12-4-2-1-3-5-12/h1-5,16H,6-11H2,(H,17,18,19). The molecule has 3 rings (SSSR count). The van der Waals surface area contributed by atoms with Crippen LogP contribution in [-0.4, -0.2) is 30.4 Å². The van der Waals surface area contributed by atoms with Crippen LogP contribution in [0.1, 0.15) is 24.8 Å². The van der Waals surface area contributed by atoms with Gasteiger partial charge in [-0.25, -0.2) is 0 Å².